The van der Waals surface area contributed by atoms with E-state index >= 15 is 0 Å². The van der Waals surface area contributed by atoms with E-state index in [4.69, 9.17) is 28.9 Å². The Kier molecular flexibility index (Phi) is 6.25. The summed E-state index contributed by atoms with van der Waals surface area (Å²) in [5.74, 6) is -1.27. The van der Waals surface area contributed by atoms with Gasteiger partial charge in [-0.15, -0.1) is 0 Å². The molecule has 0 bridgehead atoms. The maximum atomic E-state index is 12.4. The topological polar surface area (TPSA) is 102 Å². The summed E-state index contributed by atoms with van der Waals surface area (Å²) in [5, 5.41) is 12.9. The van der Waals surface area contributed by atoms with Gasteiger partial charge in [-0.05, 0) is 36.2 Å². The first kappa shape index (κ1) is 19.1. The third-order valence-corrected chi connectivity index (χ3v) is 4.09. The Hall–Kier alpha value is -2.28. The van der Waals surface area contributed by atoms with E-state index in [-0.39, 0.29) is 33.5 Å². The van der Waals surface area contributed by atoms with Crippen LogP contribution >= 0.6 is 23.2 Å². The number of amides is 1. The Balaban J connectivity index is 2.23. The van der Waals surface area contributed by atoms with Crippen LogP contribution in [-0.2, 0) is 16.0 Å². The van der Waals surface area contributed by atoms with E-state index in [1.807, 2.05) is 0 Å². The number of carbonyl (C=O) groups is 2. The fraction of sp³-hybridized carbons (Fsp3) is 0.176. The Labute approximate surface area is 154 Å². The van der Waals surface area contributed by atoms with E-state index in [0.717, 1.165) is 0 Å². The minimum Gasteiger partial charge on any atom is -0.506 e. The third-order valence-electron chi connectivity index (χ3n) is 3.46. The lowest BCUT2D eigenvalue weighted by molar-refractivity contribution is -0.142. The number of ether oxygens (including phenoxy) is 1. The van der Waals surface area contributed by atoms with Crippen LogP contribution < -0.4 is 11.1 Å². The van der Waals surface area contributed by atoms with Crippen molar-refractivity contribution in [3.05, 3.63) is 57.6 Å². The van der Waals surface area contributed by atoms with Gasteiger partial charge in [-0.3, -0.25) is 9.59 Å². The van der Waals surface area contributed by atoms with Gasteiger partial charge >= 0.3 is 5.97 Å². The van der Waals surface area contributed by atoms with Gasteiger partial charge in [0, 0.05) is 0 Å². The molecule has 6 nitrogen and oxygen atoms in total. The number of halogens is 2. The SMILES string of the molecule is COC(=O)[C@@H](N)Cc1ccc(O)c(NC(=O)c2c(Cl)cccc2Cl)c1. The molecule has 0 aliphatic rings. The number of nitrogens with one attached hydrogen (secondary N) is 1. The van der Waals surface area contributed by atoms with E-state index in [9.17, 15) is 14.7 Å². The summed E-state index contributed by atoms with van der Waals surface area (Å²) in [4.78, 5) is 23.8. The Morgan fingerprint density at radius 3 is 2.48 bits per heavy atom. The number of esters is 1. The van der Waals surface area contributed by atoms with Crippen LogP contribution in [0, 0.1) is 0 Å². The van der Waals surface area contributed by atoms with Gasteiger partial charge in [0.1, 0.15) is 11.8 Å². The maximum absolute atomic E-state index is 12.4. The molecule has 4 N–H and O–H groups in total. The number of carbonyl (C=O) groups excluding carboxylic acids is 2. The number of hydrogen-bond acceptors (Lipinski definition) is 5. The lowest BCUT2D eigenvalue weighted by atomic mass is 10.1. The highest BCUT2D eigenvalue weighted by atomic mass is 35.5. The van der Waals surface area contributed by atoms with Crippen molar-refractivity contribution in [3.63, 3.8) is 0 Å². The molecule has 2 aromatic carbocycles. The summed E-state index contributed by atoms with van der Waals surface area (Å²) in [6, 6.07) is 8.34. The highest BCUT2D eigenvalue weighted by Crippen LogP contribution is 2.29. The molecule has 0 saturated heterocycles. The summed E-state index contributed by atoms with van der Waals surface area (Å²) in [5.41, 5.74) is 6.60. The Bertz CT molecular complexity index is 791. The monoisotopic (exact) mass is 382 g/mol. The third kappa shape index (κ3) is 4.63. The number of hydrogen-bond donors (Lipinski definition) is 3. The van der Waals surface area contributed by atoms with Crippen LogP contribution in [0.3, 0.4) is 0 Å². The molecule has 0 unspecified atom stereocenters. The average molecular weight is 383 g/mol. The number of phenolic OH excluding ortho intramolecular Hbond substituents is 1. The van der Waals surface area contributed by atoms with Gasteiger partial charge in [0.25, 0.3) is 5.91 Å². The molecule has 0 spiro atoms. The van der Waals surface area contributed by atoms with Crippen molar-refractivity contribution in [2.75, 3.05) is 12.4 Å². The molecule has 25 heavy (non-hydrogen) atoms. The van der Waals surface area contributed by atoms with Crippen LogP contribution in [0.25, 0.3) is 0 Å². The minimum absolute atomic E-state index is 0.0990. The van der Waals surface area contributed by atoms with E-state index in [1.54, 1.807) is 12.1 Å². The van der Waals surface area contributed by atoms with Crippen molar-refractivity contribution >= 4 is 40.8 Å². The number of benzene rings is 2. The normalized spacial score (nSPS) is 11.7. The molecule has 0 aromatic heterocycles. The van der Waals surface area contributed by atoms with Crippen molar-refractivity contribution < 1.29 is 19.4 Å². The molecule has 0 saturated carbocycles. The Morgan fingerprint density at radius 1 is 1.24 bits per heavy atom. The van der Waals surface area contributed by atoms with Crippen molar-refractivity contribution in [1.29, 1.82) is 0 Å². The molecule has 132 valence electrons. The summed E-state index contributed by atoms with van der Waals surface area (Å²) < 4.78 is 4.57. The number of nitrogens with two attached hydrogens (primary N) is 1. The molecular formula is C17H16Cl2N2O4. The summed E-state index contributed by atoms with van der Waals surface area (Å²) in [6.45, 7) is 0. The first-order valence-electron chi connectivity index (χ1n) is 7.24. The van der Waals surface area contributed by atoms with Crippen molar-refractivity contribution in [1.82, 2.24) is 0 Å². The molecule has 0 fully saturated rings. The molecule has 0 aliphatic heterocycles. The number of phenols is 1. The average Bonchev–Trinajstić information content (AvgIpc) is 2.56. The van der Waals surface area contributed by atoms with Crippen molar-refractivity contribution in [2.24, 2.45) is 5.73 Å². The number of rotatable bonds is 5. The minimum atomic E-state index is -0.851. The summed E-state index contributed by atoms with van der Waals surface area (Å²) in [7, 11) is 1.25. The van der Waals surface area contributed by atoms with Crippen LogP contribution in [0.1, 0.15) is 15.9 Å². The molecule has 0 radical (unpaired) electrons. The summed E-state index contributed by atoms with van der Waals surface area (Å²) >= 11 is 12.0. The van der Waals surface area contributed by atoms with Crippen LogP contribution in [0.15, 0.2) is 36.4 Å². The van der Waals surface area contributed by atoms with E-state index in [0.29, 0.717) is 5.56 Å². The fourth-order valence-corrected chi connectivity index (χ4v) is 2.77. The van der Waals surface area contributed by atoms with Gasteiger partial charge in [-0.2, -0.15) is 0 Å². The smallest absolute Gasteiger partial charge is 0.322 e. The van der Waals surface area contributed by atoms with Gasteiger partial charge in [-0.25, -0.2) is 0 Å². The van der Waals surface area contributed by atoms with Gasteiger partial charge in [0.15, 0.2) is 0 Å². The Morgan fingerprint density at radius 2 is 1.88 bits per heavy atom. The second kappa shape index (κ2) is 8.20. The second-order valence-corrected chi connectivity index (χ2v) is 6.05. The quantitative estimate of drug-likeness (QED) is 0.544. The van der Waals surface area contributed by atoms with Gasteiger partial charge < -0.3 is 20.9 Å². The number of methoxy groups -OCH3 is 1. The van der Waals surface area contributed by atoms with E-state index in [1.165, 1.54) is 31.4 Å². The fourth-order valence-electron chi connectivity index (χ4n) is 2.20. The first-order chi connectivity index (χ1) is 11.8. The zero-order valence-electron chi connectivity index (χ0n) is 13.3. The van der Waals surface area contributed by atoms with E-state index in [2.05, 4.69) is 10.1 Å². The molecule has 0 heterocycles. The number of anilines is 1. The molecule has 2 aromatic rings. The van der Waals surface area contributed by atoms with Crippen LogP contribution in [0.2, 0.25) is 10.0 Å². The van der Waals surface area contributed by atoms with Gasteiger partial charge in [0.05, 0.1) is 28.4 Å². The zero-order chi connectivity index (χ0) is 18.6. The molecule has 8 heteroatoms. The second-order valence-electron chi connectivity index (χ2n) is 5.24. The zero-order valence-corrected chi connectivity index (χ0v) is 14.8. The lowest BCUT2D eigenvalue weighted by Crippen LogP contribution is -2.33. The molecule has 2 rings (SSSR count). The molecule has 1 atom stereocenters. The van der Waals surface area contributed by atoms with Gasteiger partial charge in [0.2, 0.25) is 0 Å². The van der Waals surface area contributed by atoms with Gasteiger partial charge in [-0.1, -0.05) is 35.3 Å². The van der Waals surface area contributed by atoms with Crippen molar-refractivity contribution in [3.8, 4) is 5.75 Å². The predicted octanol–water partition coefficient (Wildman–Crippen LogP) is 2.99. The highest BCUT2D eigenvalue weighted by Gasteiger charge is 2.18. The lowest BCUT2D eigenvalue weighted by Gasteiger charge is -2.13. The van der Waals surface area contributed by atoms with Crippen LogP contribution in [-0.4, -0.2) is 30.1 Å². The van der Waals surface area contributed by atoms with Crippen LogP contribution in [0.5, 0.6) is 5.75 Å². The number of aromatic hydroxyl groups is 1. The van der Waals surface area contributed by atoms with Crippen molar-refractivity contribution in [2.45, 2.75) is 12.5 Å². The summed E-state index contributed by atoms with van der Waals surface area (Å²) in [6.07, 6.45) is 0.183. The molecular weight excluding hydrogens is 367 g/mol. The highest BCUT2D eigenvalue weighted by molar-refractivity contribution is 6.40. The van der Waals surface area contributed by atoms with E-state index < -0.39 is 17.9 Å². The predicted molar refractivity (Wildman–Crippen MR) is 96.2 cm³/mol. The maximum Gasteiger partial charge on any atom is 0.322 e. The van der Waals surface area contributed by atoms with Crippen LogP contribution in [0.4, 0.5) is 5.69 Å². The largest absolute Gasteiger partial charge is 0.506 e. The molecule has 0 aliphatic carbocycles. The standard InChI is InChI=1S/C17H16Cl2N2O4/c1-25-17(24)12(20)7-9-5-6-14(22)13(8-9)21-16(23)15-10(18)3-2-4-11(15)19/h2-6,8,12,22H,7,20H2,1H3,(H,21,23)/t12-/m0/s1. The first-order valence-corrected chi connectivity index (χ1v) is 7.99. The molecule has 1 amide bonds.